The molecule has 0 spiro atoms. The van der Waals surface area contributed by atoms with Gasteiger partial charge in [-0.25, -0.2) is 18.3 Å². The van der Waals surface area contributed by atoms with E-state index in [2.05, 4.69) is 22.0 Å². The number of fused-ring (bicyclic) bond motifs is 1. The Labute approximate surface area is 119 Å². The van der Waals surface area contributed by atoms with Crippen LogP contribution in [0.5, 0.6) is 0 Å². The number of hydrogen-bond acceptors (Lipinski definition) is 3. The van der Waals surface area contributed by atoms with Gasteiger partial charge in [0.15, 0.2) is 11.3 Å². The second-order valence-electron chi connectivity index (χ2n) is 4.98. The summed E-state index contributed by atoms with van der Waals surface area (Å²) in [5.74, 6) is -0.186. The Morgan fingerprint density at radius 1 is 1.52 bits per heavy atom. The fourth-order valence-corrected chi connectivity index (χ4v) is 2.13. The van der Waals surface area contributed by atoms with E-state index in [9.17, 15) is 13.6 Å². The third-order valence-corrected chi connectivity index (χ3v) is 3.33. The molecule has 0 saturated heterocycles. The summed E-state index contributed by atoms with van der Waals surface area (Å²) in [6, 6.07) is 2.81. The molecular weight excluding hydrogens is 278 g/mol. The van der Waals surface area contributed by atoms with Gasteiger partial charge in [0.1, 0.15) is 5.69 Å². The Balaban J connectivity index is 2.04. The number of carbonyl (C=O) groups is 1. The van der Waals surface area contributed by atoms with Crippen LogP contribution in [0.2, 0.25) is 0 Å². The van der Waals surface area contributed by atoms with E-state index in [0.29, 0.717) is 5.69 Å². The number of nitrogens with one attached hydrogen (secondary N) is 1. The third kappa shape index (κ3) is 2.63. The van der Waals surface area contributed by atoms with E-state index in [0.717, 1.165) is 17.4 Å². The van der Waals surface area contributed by atoms with Crippen LogP contribution in [0.25, 0.3) is 5.65 Å². The first-order chi connectivity index (χ1) is 10.1. The first kappa shape index (κ1) is 13.7. The zero-order valence-electron chi connectivity index (χ0n) is 11.2. The highest BCUT2D eigenvalue weighted by Crippen LogP contribution is 2.40. The zero-order valence-corrected chi connectivity index (χ0v) is 11.2. The van der Waals surface area contributed by atoms with Gasteiger partial charge in [0.25, 0.3) is 12.3 Å². The molecule has 110 valence electrons. The van der Waals surface area contributed by atoms with Crippen LogP contribution in [0, 0.1) is 0 Å². The van der Waals surface area contributed by atoms with Crippen LogP contribution in [0.15, 0.2) is 24.8 Å². The first-order valence-corrected chi connectivity index (χ1v) is 6.68. The molecule has 1 aliphatic rings. The molecule has 21 heavy (non-hydrogen) atoms. The minimum atomic E-state index is -2.67. The second-order valence-corrected chi connectivity index (χ2v) is 4.98. The minimum absolute atomic E-state index is 0.0687. The van der Waals surface area contributed by atoms with Gasteiger partial charge in [0, 0.05) is 24.2 Å². The van der Waals surface area contributed by atoms with Crippen LogP contribution < -0.4 is 5.32 Å². The maximum Gasteiger partial charge on any atom is 0.280 e. The summed E-state index contributed by atoms with van der Waals surface area (Å²) >= 11 is 0. The Kier molecular flexibility index (Phi) is 3.40. The molecule has 0 aromatic carbocycles. The van der Waals surface area contributed by atoms with Crippen molar-refractivity contribution in [2.75, 3.05) is 6.54 Å². The highest BCUT2D eigenvalue weighted by molar-refractivity contribution is 5.93. The van der Waals surface area contributed by atoms with Gasteiger partial charge in [-0.05, 0) is 18.9 Å². The summed E-state index contributed by atoms with van der Waals surface area (Å²) in [6.45, 7) is 3.78. The molecule has 5 nitrogen and oxygen atoms in total. The molecule has 0 radical (unpaired) electrons. The van der Waals surface area contributed by atoms with Crippen molar-refractivity contribution in [3.8, 4) is 0 Å². The maximum absolute atomic E-state index is 13.2. The largest absolute Gasteiger partial charge is 0.347 e. The normalized spacial score (nSPS) is 14.6. The molecule has 1 amide bonds. The van der Waals surface area contributed by atoms with E-state index in [1.165, 1.54) is 18.2 Å². The predicted molar refractivity (Wildman–Crippen MR) is 72.4 cm³/mol. The van der Waals surface area contributed by atoms with Gasteiger partial charge in [0.2, 0.25) is 0 Å². The van der Waals surface area contributed by atoms with Crippen molar-refractivity contribution < 1.29 is 13.6 Å². The van der Waals surface area contributed by atoms with Crippen LogP contribution in [0.1, 0.15) is 47.1 Å². The average molecular weight is 292 g/mol. The number of nitrogens with zero attached hydrogens (tertiary/aromatic N) is 3. The van der Waals surface area contributed by atoms with Crippen molar-refractivity contribution in [3.63, 3.8) is 0 Å². The van der Waals surface area contributed by atoms with E-state index >= 15 is 0 Å². The van der Waals surface area contributed by atoms with Crippen molar-refractivity contribution >= 4 is 11.6 Å². The number of aromatic nitrogens is 3. The third-order valence-electron chi connectivity index (χ3n) is 3.33. The molecule has 2 heterocycles. The van der Waals surface area contributed by atoms with Crippen molar-refractivity contribution in [1.82, 2.24) is 19.9 Å². The predicted octanol–water partition coefficient (Wildman–Crippen LogP) is 2.46. The lowest BCUT2D eigenvalue weighted by atomic mass is 10.2. The molecule has 0 aliphatic heterocycles. The van der Waals surface area contributed by atoms with Gasteiger partial charge < -0.3 is 5.32 Å². The SMILES string of the molecule is C=CCNC(=O)c1cc2nc(C3CC3)cc(C(F)F)n2n1. The molecule has 2 aromatic heterocycles. The van der Waals surface area contributed by atoms with E-state index in [1.54, 1.807) is 0 Å². The Morgan fingerprint density at radius 2 is 2.29 bits per heavy atom. The summed E-state index contributed by atoms with van der Waals surface area (Å²) in [5.41, 5.74) is 0.762. The van der Waals surface area contributed by atoms with Gasteiger partial charge in [-0.2, -0.15) is 5.10 Å². The maximum atomic E-state index is 13.2. The fourth-order valence-electron chi connectivity index (χ4n) is 2.13. The number of halogens is 2. The van der Waals surface area contributed by atoms with E-state index in [-0.39, 0.29) is 29.5 Å². The van der Waals surface area contributed by atoms with E-state index < -0.39 is 12.3 Å². The Hall–Kier alpha value is -2.31. The lowest BCUT2D eigenvalue weighted by Gasteiger charge is -2.06. The van der Waals surface area contributed by atoms with Crippen molar-refractivity contribution in [2.45, 2.75) is 25.2 Å². The van der Waals surface area contributed by atoms with Gasteiger partial charge in [0.05, 0.1) is 0 Å². The van der Waals surface area contributed by atoms with Crippen molar-refractivity contribution in [1.29, 1.82) is 0 Å². The number of hydrogen-bond donors (Lipinski definition) is 1. The quantitative estimate of drug-likeness (QED) is 0.861. The van der Waals surface area contributed by atoms with E-state index in [4.69, 9.17) is 0 Å². The molecule has 3 rings (SSSR count). The summed E-state index contributed by atoms with van der Waals surface area (Å²) in [5, 5.41) is 6.50. The number of amides is 1. The highest BCUT2D eigenvalue weighted by Gasteiger charge is 2.28. The van der Waals surface area contributed by atoms with Crippen LogP contribution in [-0.4, -0.2) is 27.0 Å². The monoisotopic (exact) mass is 292 g/mol. The smallest absolute Gasteiger partial charge is 0.280 e. The molecule has 1 aliphatic carbocycles. The zero-order chi connectivity index (χ0) is 15.0. The summed E-state index contributed by atoms with van der Waals surface area (Å²) in [4.78, 5) is 16.2. The average Bonchev–Trinajstić information content (AvgIpc) is 3.22. The number of carbonyl (C=O) groups excluding carboxylic acids is 1. The molecule has 1 fully saturated rings. The molecule has 0 bridgehead atoms. The van der Waals surface area contributed by atoms with E-state index in [1.807, 2.05) is 0 Å². The summed E-state index contributed by atoms with van der Waals surface area (Å²) < 4.78 is 27.4. The molecular formula is C14H14F2N4O. The molecule has 0 unspecified atom stereocenters. The second kappa shape index (κ2) is 5.23. The standard InChI is InChI=1S/C14H14F2N4O/c1-2-5-17-14(21)10-7-12-18-9(8-3-4-8)6-11(13(15)16)20(12)19-10/h2,6-8,13H,1,3-5H2,(H,17,21). The Morgan fingerprint density at radius 3 is 2.90 bits per heavy atom. The van der Waals surface area contributed by atoms with Crippen LogP contribution in [-0.2, 0) is 0 Å². The van der Waals surface area contributed by atoms with Gasteiger partial charge in [-0.1, -0.05) is 6.08 Å². The number of rotatable bonds is 5. The van der Waals surface area contributed by atoms with Crippen LogP contribution >= 0.6 is 0 Å². The molecule has 1 saturated carbocycles. The highest BCUT2D eigenvalue weighted by atomic mass is 19.3. The topological polar surface area (TPSA) is 59.3 Å². The summed E-state index contributed by atoms with van der Waals surface area (Å²) in [6.07, 6.45) is 0.790. The van der Waals surface area contributed by atoms with Crippen molar-refractivity contribution in [2.24, 2.45) is 0 Å². The van der Waals surface area contributed by atoms with Gasteiger partial charge in [-0.15, -0.1) is 6.58 Å². The fraction of sp³-hybridized carbons (Fsp3) is 0.357. The van der Waals surface area contributed by atoms with Gasteiger partial charge in [-0.3, -0.25) is 4.79 Å². The first-order valence-electron chi connectivity index (χ1n) is 6.68. The molecule has 2 aromatic rings. The van der Waals surface area contributed by atoms with Crippen molar-refractivity contribution in [3.05, 3.63) is 41.9 Å². The molecule has 1 N–H and O–H groups in total. The lowest BCUT2D eigenvalue weighted by molar-refractivity contribution is 0.0951. The van der Waals surface area contributed by atoms with Crippen LogP contribution in [0.3, 0.4) is 0 Å². The Bertz CT molecular complexity index is 706. The minimum Gasteiger partial charge on any atom is -0.347 e. The number of alkyl halides is 2. The molecule has 7 heteroatoms. The lowest BCUT2D eigenvalue weighted by Crippen LogP contribution is -2.23. The van der Waals surface area contributed by atoms with Crippen LogP contribution in [0.4, 0.5) is 8.78 Å². The van der Waals surface area contributed by atoms with Gasteiger partial charge >= 0.3 is 0 Å². The summed E-state index contributed by atoms with van der Waals surface area (Å²) in [7, 11) is 0. The molecule has 0 atom stereocenters.